The van der Waals surface area contributed by atoms with E-state index in [0.717, 1.165) is 22.0 Å². The Hall–Kier alpha value is -2.33. The van der Waals surface area contributed by atoms with Crippen molar-refractivity contribution in [2.24, 2.45) is 5.73 Å². The summed E-state index contributed by atoms with van der Waals surface area (Å²) in [5.74, 6) is 0.0621. The predicted molar refractivity (Wildman–Crippen MR) is 81.9 cm³/mol. The Morgan fingerprint density at radius 3 is 2.81 bits per heavy atom. The van der Waals surface area contributed by atoms with Gasteiger partial charge in [-0.1, -0.05) is 12.1 Å². The minimum absolute atomic E-state index is 0.0716. The lowest BCUT2D eigenvalue weighted by atomic mass is 9.91. The van der Waals surface area contributed by atoms with E-state index in [1.54, 1.807) is 18.2 Å². The van der Waals surface area contributed by atoms with Gasteiger partial charge in [-0.05, 0) is 54.4 Å². The van der Waals surface area contributed by atoms with Crippen LogP contribution in [0.15, 0.2) is 48.7 Å². The van der Waals surface area contributed by atoms with Crippen molar-refractivity contribution in [2.45, 2.75) is 12.3 Å². The Balaban J connectivity index is 1.96. The van der Waals surface area contributed by atoms with Crippen LogP contribution in [0.2, 0.25) is 0 Å². The Labute approximate surface area is 122 Å². The molecule has 3 nitrogen and oxygen atoms in total. The number of H-pyrrole nitrogens is 1. The SMILES string of the molecule is NCC(Cc1cccc(O)c1)c1c[nH]c2ccc(F)cc12. The third kappa shape index (κ3) is 2.76. The number of rotatable bonds is 4. The molecule has 4 N–H and O–H groups in total. The zero-order valence-electron chi connectivity index (χ0n) is 11.5. The molecule has 1 atom stereocenters. The molecule has 0 fully saturated rings. The van der Waals surface area contributed by atoms with Crippen LogP contribution in [0.1, 0.15) is 17.0 Å². The van der Waals surface area contributed by atoms with Crippen LogP contribution in [0.5, 0.6) is 5.75 Å². The molecule has 0 aliphatic heterocycles. The quantitative estimate of drug-likeness (QED) is 0.688. The van der Waals surface area contributed by atoms with Crippen molar-refractivity contribution in [3.05, 3.63) is 65.6 Å². The van der Waals surface area contributed by atoms with Gasteiger partial charge in [0.15, 0.2) is 0 Å². The minimum Gasteiger partial charge on any atom is -0.508 e. The number of phenols is 1. The number of nitrogens with one attached hydrogen (secondary N) is 1. The van der Waals surface area contributed by atoms with Gasteiger partial charge in [0, 0.05) is 23.0 Å². The lowest BCUT2D eigenvalue weighted by Gasteiger charge is -2.14. The number of aromatic amines is 1. The molecule has 0 aliphatic rings. The number of fused-ring (bicyclic) bond motifs is 1. The van der Waals surface area contributed by atoms with Gasteiger partial charge in [0.05, 0.1) is 0 Å². The van der Waals surface area contributed by atoms with E-state index in [1.165, 1.54) is 12.1 Å². The maximum atomic E-state index is 13.5. The van der Waals surface area contributed by atoms with Crippen LogP contribution in [-0.4, -0.2) is 16.6 Å². The molecule has 0 saturated heterocycles. The van der Waals surface area contributed by atoms with Gasteiger partial charge < -0.3 is 15.8 Å². The van der Waals surface area contributed by atoms with E-state index >= 15 is 0 Å². The highest BCUT2D eigenvalue weighted by Gasteiger charge is 2.16. The molecular weight excluding hydrogens is 267 g/mol. The van der Waals surface area contributed by atoms with E-state index < -0.39 is 0 Å². The molecule has 3 rings (SSSR count). The van der Waals surface area contributed by atoms with E-state index in [1.807, 2.05) is 18.3 Å². The Morgan fingerprint density at radius 2 is 2.05 bits per heavy atom. The first-order valence-electron chi connectivity index (χ1n) is 6.92. The van der Waals surface area contributed by atoms with Crippen molar-refractivity contribution in [3.8, 4) is 5.75 Å². The topological polar surface area (TPSA) is 62.0 Å². The maximum absolute atomic E-state index is 13.5. The summed E-state index contributed by atoms with van der Waals surface area (Å²) in [6.45, 7) is 0.457. The fourth-order valence-corrected chi connectivity index (χ4v) is 2.74. The summed E-state index contributed by atoms with van der Waals surface area (Å²) in [4.78, 5) is 3.16. The third-order valence-corrected chi connectivity index (χ3v) is 3.79. The van der Waals surface area contributed by atoms with Crippen LogP contribution in [0.3, 0.4) is 0 Å². The second-order valence-electron chi connectivity index (χ2n) is 5.24. The second-order valence-corrected chi connectivity index (χ2v) is 5.24. The molecule has 0 spiro atoms. The fraction of sp³-hybridized carbons (Fsp3) is 0.176. The average Bonchev–Trinajstić information content (AvgIpc) is 2.88. The summed E-state index contributed by atoms with van der Waals surface area (Å²) in [6, 6.07) is 11.8. The first kappa shape index (κ1) is 13.6. The third-order valence-electron chi connectivity index (χ3n) is 3.79. The summed E-state index contributed by atoms with van der Waals surface area (Å²) < 4.78 is 13.5. The molecule has 108 valence electrons. The Kier molecular flexibility index (Phi) is 3.62. The van der Waals surface area contributed by atoms with Gasteiger partial charge >= 0.3 is 0 Å². The van der Waals surface area contributed by atoms with Crippen LogP contribution in [0.4, 0.5) is 4.39 Å². The lowest BCUT2D eigenvalue weighted by Crippen LogP contribution is -2.14. The number of halogens is 1. The van der Waals surface area contributed by atoms with Gasteiger partial charge in [-0.25, -0.2) is 4.39 Å². The van der Waals surface area contributed by atoms with Crippen molar-refractivity contribution < 1.29 is 9.50 Å². The van der Waals surface area contributed by atoms with Crippen molar-refractivity contribution in [3.63, 3.8) is 0 Å². The molecule has 0 saturated carbocycles. The second kappa shape index (κ2) is 5.58. The number of benzene rings is 2. The summed E-state index contributed by atoms with van der Waals surface area (Å²) in [6.07, 6.45) is 2.60. The summed E-state index contributed by atoms with van der Waals surface area (Å²) in [5.41, 5.74) is 8.83. The first-order chi connectivity index (χ1) is 10.2. The number of nitrogens with two attached hydrogens (primary N) is 1. The van der Waals surface area contributed by atoms with E-state index in [-0.39, 0.29) is 17.5 Å². The van der Waals surface area contributed by atoms with Crippen molar-refractivity contribution in [2.75, 3.05) is 6.54 Å². The van der Waals surface area contributed by atoms with Crippen molar-refractivity contribution in [1.29, 1.82) is 0 Å². The first-order valence-corrected chi connectivity index (χ1v) is 6.92. The average molecular weight is 284 g/mol. The Bertz CT molecular complexity index is 766. The molecule has 1 unspecified atom stereocenters. The van der Waals surface area contributed by atoms with Crippen LogP contribution in [0.25, 0.3) is 10.9 Å². The molecule has 2 aromatic carbocycles. The number of hydrogen-bond donors (Lipinski definition) is 3. The molecular formula is C17H17FN2O. The fourth-order valence-electron chi connectivity index (χ4n) is 2.74. The summed E-state index contributed by atoms with van der Waals surface area (Å²) in [7, 11) is 0. The van der Waals surface area contributed by atoms with Gasteiger partial charge in [-0.15, -0.1) is 0 Å². The zero-order valence-corrected chi connectivity index (χ0v) is 11.5. The predicted octanol–water partition coefficient (Wildman–Crippen LogP) is 3.30. The normalized spacial score (nSPS) is 12.7. The van der Waals surface area contributed by atoms with E-state index in [4.69, 9.17) is 5.73 Å². The zero-order chi connectivity index (χ0) is 14.8. The number of aromatic nitrogens is 1. The molecule has 4 heteroatoms. The van der Waals surface area contributed by atoms with E-state index in [0.29, 0.717) is 13.0 Å². The monoisotopic (exact) mass is 284 g/mol. The van der Waals surface area contributed by atoms with Crippen LogP contribution >= 0.6 is 0 Å². The van der Waals surface area contributed by atoms with E-state index in [9.17, 15) is 9.50 Å². The molecule has 21 heavy (non-hydrogen) atoms. The lowest BCUT2D eigenvalue weighted by molar-refractivity contribution is 0.474. The highest BCUT2D eigenvalue weighted by atomic mass is 19.1. The van der Waals surface area contributed by atoms with Gasteiger partial charge in [-0.2, -0.15) is 0 Å². The molecule has 3 aromatic rings. The summed E-state index contributed by atoms with van der Waals surface area (Å²) in [5, 5.41) is 10.4. The van der Waals surface area contributed by atoms with E-state index in [2.05, 4.69) is 4.98 Å². The number of hydrogen-bond acceptors (Lipinski definition) is 2. The van der Waals surface area contributed by atoms with Gasteiger partial charge in [0.25, 0.3) is 0 Å². The highest BCUT2D eigenvalue weighted by Crippen LogP contribution is 2.29. The standard InChI is InChI=1S/C17H17FN2O/c18-13-4-5-17-15(8-13)16(10-20-17)12(9-19)6-11-2-1-3-14(21)7-11/h1-5,7-8,10,12,20-21H,6,9,19H2. The number of aromatic hydroxyl groups is 1. The van der Waals surface area contributed by atoms with Gasteiger partial charge in [-0.3, -0.25) is 0 Å². The Morgan fingerprint density at radius 1 is 1.19 bits per heavy atom. The molecule has 1 heterocycles. The molecule has 0 radical (unpaired) electrons. The maximum Gasteiger partial charge on any atom is 0.123 e. The smallest absolute Gasteiger partial charge is 0.123 e. The van der Waals surface area contributed by atoms with Gasteiger partial charge in [0.1, 0.15) is 11.6 Å². The molecule has 0 amide bonds. The molecule has 1 aromatic heterocycles. The largest absolute Gasteiger partial charge is 0.508 e. The molecule has 0 aliphatic carbocycles. The minimum atomic E-state index is -0.253. The van der Waals surface area contributed by atoms with Crippen LogP contribution in [0, 0.1) is 5.82 Å². The van der Waals surface area contributed by atoms with Gasteiger partial charge in [0.2, 0.25) is 0 Å². The summed E-state index contributed by atoms with van der Waals surface area (Å²) >= 11 is 0. The highest BCUT2D eigenvalue weighted by molar-refractivity contribution is 5.83. The van der Waals surface area contributed by atoms with Crippen LogP contribution in [-0.2, 0) is 6.42 Å². The van der Waals surface area contributed by atoms with Crippen molar-refractivity contribution in [1.82, 2.24) is 4.98 Å². The number of phenolic OH excluding ortho intramolecular Hbond substituents is 1. The molecule has 0 bridgehead atoms. The van der Waals surface area contributed by atoms with Crippen molar-refractivity contribution >= 4 is 10.9 Å². The van der Waals surface area contributed by atoms with Crippen LogP contribution < -0.4 is 5.73 Å².